The molecule has 0 bridgehead atoms. The fourth-order valence-electron chi connectivity index (χ4n) is 4.53. The highest BCUT2D eigenvalue weighted by atomic mass is 16.2. The molecule has 1 saturated heterocycles. The van der Waals surface area contributed by atoms with Crippen LogP contribution in [-0.4, -0.2) is 35.8 Å². The van der Waals surface area contributed by atoms with Gasteiger partial charge in [0.2, 0.25) is 11.8 Å². The van der Waals surface area contributed by atoms with Gasteiger partial charge in [-0.3, -0.25) is 9.59 Å². The lowest BCUT2D eigenvalue weighted by Crippen LogP contribution is -2.48. The minimum Gasteiger partial charge on any atom is -0.354 e. The van der Waals surface area contributed by atoms with Gasteiger partial charge < -0.3 is 10.2 Å². The van der Waals surface area contributed by atoms with E-state index in [0.717, 1.165) is 6.42 Å². The molecule has 1 N–H and O–H groups in total. The fraction of sp³-hybridized carbons (Fsp3) is 0.440. The van der Waals surface area contributed by atoms with Crippen molar-refractivity contribution < 1.29 is 9.59 Å². The number of nitrogens with zero attached hydrogens (tertiary/aromatic N) is 1. The molecule has 2 aromatic rings. The van der Waals surface area contributed by atoms with Gasteiger partial charge in [-0.05, 0) is 35.8 Å². The van der Waals surface area contributed by atoms with Crippen molar-refractivity contribution in [2.24, 2.45) is 11.8 Å². The molecule has 0 spiro atoms. The van der Waals surface area contributed by atoms with Crippen molar-refractivity contribution in [2.75, 3.05) is 13.1 Å². The summed E-state index contributed by atoms with van der Waals surface area (Å²) in [4.78, 5) is 28.4. The lowest BCUT2D eigenvalue weighted by Gasteiger charge is -2.31. The summed E-state index contributed by atoms with van der Waals surface area (Å²) in [5.74, 6) is 0.873. The summed E-state index contributed by atoms with van der Waals surface area (Å²) in [7, 11) is 0. The number of amides is 2. The van der Waals surface area contributed by atoms with Gasteiger partial charge in [0.25, 0.3) is 0 Å². The Hall–Kier alpha value is -2.62. The van der Waals surface area contributed by atoms with Crippen LogP contribution in [0.5, 0.6) is 0 Å². The van der Waals surface area contributed by atoms with E-state index < -0.39 is 0 Å². The first kappa shape index (κ1) is 19.7. The zero-order valence-electron chi connectivity index (χ0n) is 17.3. The Morgan fingerprint density at radius 2 is 1.66 bits per heavy atom. The average Bonchev–Trinajstić information content (AvgIpc) is 3.55. The third kappa shape index (κ3) is 4.36. The number of carbonyl (C=O) groups is 2. The number of hydrogen-bond donors (Lipinski definition) is 1. The van der Waals surface area contributed by atoms with Crippen molar-refractivity contribution in [3.63, 3.8) is 0 Å². The Kier molecular flexibility index (Phi) is 5.70. The molecule has 0 radical (unpaired) electrons. The summed E-state index contributed by atoms with van der Waals surface area (Å²) in [5, 5.41) is 3.10. The van der Waals surface area contributed by atoms with Gasteiger partial charge >= 0.3 is 0 Å². The van der Waals surface area contributed by atoms with Crippen LogP contribution in [0.25, 0.3) is 0 Å². The summed E-state index contributed by atoms with van der Waals surface area (Å²) in [5.41, 5.74) is 2.40. The van der Waals surface area contributed by atoms with E-state index in [1.807, 2.05) is 41.3 Å². The predicted octanol–water partition coefficient (Wildman–Crippen LogP) is 3.95. The Bertz CT molecular complexity index is 850. The molecule has 4 rings (SSSR count). The van der Waals surface area contributed by atoms with Crippen molar-refractivity contribution in [3.05, 3.63) is 71.8 Å². The smallest absolute Gasteiger partial charge is 0.242 e. The highest BCUT2D eigenvalue weighted by molar-refractivity contribution is 5.90. The number of hydrogen-bond acceptors (Lipinski definition) is 2. The molecule has 4 nitrogen and oxygen atoms in total. The highest BCUT2D eigenvalue weighted by Crippen LogP contribution is 2.49. The van der Waals surface area contributed by atoms with Crippen molar-refractivity contribution in [1.82, 2.24) is 10.2 Å². The molecule has 4 atom stereocenters. The van der Waals surface area contributed by atoms with Gasteiger partial charge in [-0.1, -0.05) is 74.5 Å². The van der Waals surface area contributed by atoms with Gasteiger partial charge in [-0.2, -0.15) is 0 Å². The van der Waals surface area contributed by atoms with Gasteiger partial charge in [0, 0.05) is 24.9 Å². The second-order valence-corrected chi connectivity index (χ2v) is 8.85. The van der Waals surface area contributed by atoms with Gasteiger partial charge in [-0.15, -0.1) is 0 Å². The predicted molar refractivity (Wildman–Crippen MR) is 114 cm³/mol. The molecule has 0 aromatic heterocycles. The van der Waals surface area contributed by atoms with Crippen LogP contribution in [0.4, 0.5) is 0 Å². The van der Waals surface area contributed by atoms with Crippen LogP contribution < -0.4 is 5.32 Å². The largest absolute Gasteiger partial charge is 0.354 e. The third-order valence-corrected chi connectivity index (χ3v) is 6.20. The highest BCUT2D eigenvalue weighted by Gasteiger charge is 2.48. The molecule has 1 aliphatic heterocycles. The molecule has 1 aliphatic carbocycles. The summed E-state index contributed by atoms with van der Waals surface area (Å²) in [6, 6.07) is 20.1. The molecule has 2 fully saturated rings. The summed E-state index contributed by atoms with van der Waals surface area (Å²) in [6.45, 7) is 5.39. The topological polar surface area (TPSA) is 49.4 Å². The lowest BCUT2D eigenvalue weighted by molar-refractivity contribution is -0.141. The fourth-order valence-corrected chi connectivity index (χ4v) is 4.53. The molecule has 1 saturated carbocycles. The summed E-state index contributed by atoms with van der Waals surface area (Å²) >= 11 is 0. The third-order valence-electron chi connectivity index (χ3n) is 6.20. The van der Waals surface area contributed by atoms with Crippen LogP contribution >= 0.6 is 0 Å². The van der Waals surface area contributed by atoms with E-state index in [4.69, 9.17) is 0 Å². The van der Waals surface area contributed by atoms with E-state index in [1.165, 1.54) is 11.1 Å². The molecular formula is C25H30N2O2. The summed E-state index contributed by atoms with van der Waals surface area (Å²) < 4.78 is 0. The number of rotatable bonds is 5. The van der Waals surface area contributed by atoms with Gasteiger partial charge in [0.05, 0.1) is 0 Å². The van der Waals surface area contributed by atoms with E-state index in [0.29, 0.717) is 25.4 Å². The van der Waals surface area contributed by atoms with Crippen LogP contribution in [0.2, 0.25) is 0 Å². The maximum Gasteiger partial charge on any atom is 0.242 e. The van der Waals surface area contributed by atoms with E-state index in [2.05, 4.69) is 43.4 Å². The molecule has 0 unspecified atom stereocenters. The number of nitrogens with one attached hydrogen (secondary N) is 1. The molecule has 4 heteroatoms. The maximum atomic E-state index is 13.6. The van der Waals surface area contributed by atoms with Crippen molar-refractivity contribution in [3.8, 4) is 0 Å². The van der Waals surface area contributed by atoms with Crippen LogP contribution in [0.15, 0.2) is 60.7 Å². The monoisotopic (exact) mass is 390 g/mol. The van der Waals surface area contributed by atoms with Crippen LogP contribution in [-0.2, 0) is 9.59 Å². The normalized spacial score (nSPS) is 26.7. The molecular weight excluding hydrogens is 360 g/mol. The van der Waals surface area contributed by atoms with Gasteiger partial charge in [0.1, 0.15) is 6.04 Å². The Balaban J connectivity index is 1.58. The minimum absolute atomic E-state index is 0.00520. The second kappa shape index (κ2) is 8.40. The van der Waals surface area contributed by atoms with E-state index in [1.54, 1.807) is 0 Å². The first-order valence-corrected chi connectivity index (χ1v) is 10.7. The standard InChI is InChI=1S/C25H30N2O2/c1-17(2)13-23-24(28)26-15-20(18-9-5-3-6-10-18)16-27(23)25(29)22-14-21(22)19-11-7-4-8-12-19/h3-12,17,20-23H,13-16H2,1-2H3,(H,26,28)/t20-,21-,22+,23-/m0/s1. The van der Waals surface area contributed by atoms with E-state index in [9.17, 15) is 9.59 Å². The lowest BCUT2D eigenvalue weighted by atomic mass is 9.97. The summed E-state index contributed by atoms with van der Waals surface area (Å²) in [6.07, 6.45) is 1.58. The number of carbonyl (C=O) groups excluding carboxylic acids is 2. The molecule has 2 aromatic carbocycles. The Labute approximate surface area is 173 Å². The van der Waals surface area contributed by atoms with Gasteiger partial charge in [0.15, 0.2) is 0 Å². The first-order chi connectivity index (χ1) is 14.0. The Morgan fingerprint density at radius 1 is 1.03 bits per heavy atom. The SMILES string of the molecule is CC(C)C[C@H]1C(=O)NC[C@H](c2ccccc2)CN1C(=O)[C@@H]1C[C@H]1c1ccccc1. The maximum absolute atomic E-state index is 13.6. The Morgan fingerprint density at radius 3 is 2.28 bits per heavy atom. The average molecular weight is 391 g/mol. The molecule has 29 heavy (non-hydrogen) atoms. The molecule has 152 valence electrons. The molecule has 1 heterocycles. The molecule has 2 aliphatic rings. The van der Waals surface area contributed by atoms with Crippen molar-refractivity contribution in [2.45, 2.75) is 44.6 Å². The van der Waals surface area contributed by atoms with E-state index >= 15 is 0 Å². The molecule has 2 amide bonds. The van der Waals surface area contributed by atoms with Crippen LogP contribution in [0.1, 0.15) is 49.7 Å². The van der Waals surface area contributed by atoms with Gasteiger partial charge in [-0.25, -0.2) is 0 Å². The zero-order chi connectivity index (χ0) is 20.4. The number of benzene rings is 2. The van der Waals surface area contributed by atoms with Crippen molar-refractivity contribution >= 4 is 11.8 Å². The quantitative estimate of drug-likeness (QED) is 0.840. The van der Waals surface area contributed by atoms with Crippen LogP contribution in [0, 0.1) is 11.8 Å². The minimum atomic E-state index is -0.381. The second-order valence-electron chi connectivity index (χ2n) is 8.85. The zero-order valence-corrected chi connectivity index (χ0v) is 17.3. The van der Waals surface area contributed by atoms with E-state index in [-0.39, 0.29) is 35.6 Å². The van der Waals surface area contributed by atoms with Crippen molar-refractivity contribution in [1.29, 1.82) is 0 Å². The van der Waals surface area contributed by atoms with Crippen LogP contribution in [0.3, 0.4) is 0 Å². The first-order valence-electron chi connectivity index (χ1n) is 10.7.